The summed E-state index contributed by atoms with van der Waals surface area (Å²) in [5.41, 5.74) is 0.290. The van der Waals surface area contributed by atoms with E-state index in [0.29, 0.717) is 17.2 Å². The van der Waals surface area contributed by atoms with E-state index in [9.17, 15) is 19.5 Å². The number of aromatic nitrogens is 1. The highest BCUT2D eigenvalue weighted by molar-refractivity contribution is 6.36. The van der Waals surface area contributed by atoms with Crippen molar-refractivity contribution < 1.29 is 29.0 Å². The molecule has 10 heteroatoms. The van der Waals surface area contributed by atoms with Gasteiger partial charge in [0.05, 0.1) is 23.1 Å². The summed E-state index contributed by atoms with van der Waals surface area (Å²) < 4.78 is 10.3. The largest absolute Gasteiger partial charge is 0.504 e. The number of hydrogen-bond acceptors (Lipinski definition) is 7. The Morgan fingerprint density at radius 2 is 1.93 bits per heavy atom. The van der Waals surface area contributed by atoms with E-state index in [1.54, 1.807) is 6.92 Å². The fraction of sp³-hybridized carbons (Fsp3) is 0.300. The van der Waals surface area contributed by atoms with Gasteiger partial charge in [-0.2, -0.15) is 0 Å². The molecule has 0 aliphatic rings. The molecule has 1 heterocycles. The highest BCUT2D eigenvalue weighted by Gasteiger charge is 2.20. The third kappa shape index (κ3) is 6.60. The van der Waals surface area contributed by atoms with Gasteiger partial charge in [-0.3, -0.25) is 14.4 Å². The number of phenols is 1. The van der Waals surface area contributed by atoms with Crippen LogP contribution in [0.5, 0.6) is 11.5 Å². The molecule has 0 saturated heterocycles. The fourth-order valence-corrected chi connectivity index (χ4v) is 2.78. The lowest BCUT2D eigenvalue weighted by atomic mass is 10.1. The molecule has 0 unspecified atom stereocenters. The molecule has 2 N–H and O–H groups in total. The second-order valence-electron chi connectivity index (χ2n) is 6.14. The summed E-state index contributed by atoms with van der Waals surface area (Å²) in [6.07, 6.45) is -0.166. The first kappa shape index (κ1) is 23.4. The molecule has 0 saturated carbocycles. The number of benzene rings is 1. The van der Waals surface area contributed by atoms with E-state index in [0.717, 1.165) is 0 Å². The summed E-state index contributed by atoms with van der Waals surface area (Å²) in [5.74, 6) is -1.49. The quantitative estimate of drug-likeness (QED) is 0.434. The molecule has 0 spiro atoms. The zero-order valence-electron chi connectivity index (χ0n) is 16.3. The van der Waals surface area contributed by atoms with E-state index >= 15 is 0 Å². The Hall–Kier alpha value is -2.84. The number of Topliss-reactive ketones (excluding diaryl/α,β-unsaturated/α-hetero) is 1. The van der Waals surface area contributed by atoms with Gasteiger partial charge in [-0.25, -0.2) is 4.98 Å². The lowest BCUT2D eigenvalue weighted by Crippen LogP contribution is -2.30. The number of phenolic OH excluding ortho intramolecular Hbond substituents is 1. The molecule has 2 rings (SSSR count). The van der Waals surface area contributed by atoms with Crippen molar-refractivity contribution in [1.82, 2.24) is 4.98 Å². The van der Waals surface area contributed by atoms with Gasteiger partial charge in [0.1, 0.15) is 0 Å². The molecular weight excluding hydrogens is 435 g/mol. The summed E-state index contributed by atoms with van der Waals surface area (Å²) in [5, 5.41) is 12.6. The van der Waals surface area contributed by atoms with Crippen LogP contribution in [-0.2, 0) is 14.3 Å². The van der Waals surface area contributed by atoms with E-state index in [-0.39, 0.29) is 41.0 Å². The van der Waals surface area contributed by atoms with Gasteiger partial charge in [-0.1, -0.05) is 23.2 Å². The molecule has 0 aliphatic heterocycles. The number of carbonyl (C=O) groups is 3. The van der Waals surface area contributed by atoms with Gasteiger partial charge in [0.2, 0.25) is 0 Å². The average Bonchev–Trinajstić information content (AvgIpc) is 2.70. The fourth-order valence-electron chi connectivity index (χ4n) is 2.35. The number of rotatable bonds is 9. The SMILES string of the molecule is CCOc1cc(C(=O)CCC(=O)O[C@H](C)C(=O)Nc2ncc(Cl)cc2Cl)ccc1O. The normalized spacial score (nSPS) is 11.5. The van der Waals surface area contributed by atoms with Crippen LogP contribution >= 0.6 is 23.2 Å². The van der Waals surface area contributed by atoms with Crippen molar-refractivity contribution in [2.45, 2.75) is 32.8 Å². The number of aromatic hydroxyl groups is 1. The first-order valence-corrected chi connectivity index (χ1v) is 9.77. The summed E-state index contributed by atoms with van der Waals surface area (Å²) in [4.78, 5) is 40.3. The molecule has 0 fully saturated rings. The highest BCUT2D eigenvalue weighted by Crippen LogP contribution is 2.27. The molecule has 1 aromatic carbocycles. The van der Waals surface area contributed by atoms with Crippen LogP contribution in [0.4, 0.5) is 5.82 Å². The first-order chi connectivity index (χ1) is 14.2. The number of anilines is 1. The van der Waals surface area contributed by atoms with Gasteiger partial charge in [0, 0.05) is 18.2 Å². The Balaban J connectivity index is 1.86. The highest BCUT2D eigenvalue weighted by atomic mass is 35.5. The van der Waals surface area contributed by atoms with Gasteiger partial charge >= 0.3 is 5.97 Å². The Morgan fingerprint density at radius 1 is 1.20 bits per heavy atom. The van der Waals surface area contributed by atoms with Crippen molar-refractivity contribution in [2.24, 2.45) is 0 Å². The number of nitrogens with one attached hydrogen (secondary N) is 1. The molecule has 160 valence electrons. The van der Waals surface area contributed by atoms with E-state index in [1.165, 1.54) is 37.4 Å². The van der Waals surface area contributed by atoms with Crippen LogP contribution in [-0.4, -0.2) is 40.5 Å². The van der Waals surface area contributed by atoms with Crippen molar-refractivity contribution in [3.63, 3.8) is 0 Å². The molecular formula is C20H20Cl2N2O6. The number of carbonyl (C=O) groups excluding carboxylic acids is 3. The zero-order chi connectivity index (χ0) is 22.3. The van der Waals surface area contributed by atoms with Crippen LogP contribution in [0.2, 0.25) is 10.0 Å². The molecule has 0 radical (unpaired) electrons. The Bertz CT molecular complexity index is 951. The minimum absolute atomic E-state index is 0.0806. The van der Waals surface area contributed by atoms with Crippen molar-refractivity contribution in [1.29, 1.82) is 0 Å². The number of ketones is 1. The van der Waals surface area contributed by atoms with Crippen LogP contribution in [0, 0.1) is 0 Å². The second-order valence-corrected chi connectivity index (χ2v) is 6.99. The van der Waals surface area contributed by atoms with Gasteiger partial charge in [-0.05, 0) is 38.1 Å². The van der Waals surface area contributed by atoms with Crippen LogP contribution in [0.1, 0.15) is 37.0 Å². The van der Waals surface area contributed by atoms with Crippen LogP contribution in [0.15, 0.2) is 30.5 Å². The molecule has 2 aromatic rings. The van der Waals surface area contributed by atoms with Gasteiger partial charge in [0.25, 0.3) is 5.91 Å². The minimum atomic E-state index is -1.13. The number of hydrogen-bond donors (Lipinski definition) is 2. The lowest BCUT2D eigenvalue weighted by Gasteiger charge is -2.14. The topological polar surface area (TPSA) is 115 Å². The maximum Gasteiger partial charge on any atom is 0.307 e. The standard InChI is InChI=1S/C20H20Cl2N2O6/c1-3-29-17-8-12(4-5-16(17)26)15(25)6-7-18(27)30-11(2)20(28)24-19-14(22)9-13(21)10-23-19/h4-5,8-11,26H,3,6-7H2,1-2H3,(H,23,24,28)/t11-/m1/s1. The van der Waals surface area contributed by atoms with E-state index in [4.69, 9.17) is 32.7 Å². The molecule has 1 aromatic heterocycles. The monoisotopic (exact) mass is 454 g/mol. The lowest BCUT2D eigenvalue weighted by molar-refractivity contribution is -0.153. The molecule has 8 nitrogen and oxygen atoms in total. The summed E-state index contributed by atoms with van der Waals surface area (Å²) in [7, 11) is 0. The molecule has 1 atom stereocenters. The van der Waals surface area contributed by atoms with Crippen molar-refractivity contribution in [3.8, 4) is 11.5 Å². The average molecular weight is 455 g/mol. The number of amides is 1. The predicted octanol–water partition coefficient (Wildman–Crippen LogP) is 4.03. The Kier molecular flexibility index (Phi) is 8.44. The van der Waals surface area contributed by atoms with E-state index < -0.39 is 18.0 Å². The number of esters is 1. The number of ether oxygens (including phenoxy) is 2. The Morgan fingerprint density at radius 3 is 2.60 bits per heavy atom. The van der Waals surface area contributed by atoms with Crippen LogP contribution in [0.3, 0.4) is 0 Å². The minimum Gasteiger partial charge on any atom is -0.504 e. The summed E-state index contributed by atoms with van der Waals surface area (Å²) in [6.45, 7) is 3.46. The predicted molar refractivity (Wildman–Crippen MR) is 111 cm³/mol. The summed E-state index contributed by atoms with van der Waals surface area (Å²) >= 11 is 11.7. The van der Waals surface area contributed by atoms with E-state index in [2.05, 4.69) is 10.3 Å². The van der Waals surface area contributed by atoms with Gasteiger partial charge in [-0.15, -0.1) is 0 Å². The molecule has 1 amide bonds. The Labute approximate surface area is 183 Å². The van der Waals surface area contributed by atoms with Gasteiger partial charge < -0.3 is 19.9 Å². The second kappa shape index (κ2) is 10.8. The smallest absolute Gasteiger partial charge is 0.307 e. The maximum atomic E-state index is 12.3. The first-order valence-electron chi connectivity index (χ1n) is 9.01. The van der Waals surface area contributed by atoms with Crippen molar-refractivity contribution in [3.05, 3.63) is 46.1 Å². The van der Waals surface area contributed by atoms with Crippen LogP contribution in [0.25, 0.3) is 0 Å². The number of halogens is 2. The van der Waals surface area contributed by atoms with Crippen LogP contribution < -0.4 is 10.1 Å². The number of nitrogens with zero attached hydrogens (tertiary/aromatic N) is 1. The maximum absolute atomic E-state index is 12.3. The molecule has 30 heavy (non-hydrogen) atoms. The van der Waals surface area contributed by atoms with Crippen molar-refractivity contribution in [2.75, 3.05) is 11.9 Å². The van der Waals surface area contributed by atoms with Crippen molar-refractivity contribution >= 4 is 46.7 Å². The molecule has 0 aliphatic carbocycles. The van der Waals surface area contributed by atoms with E-state index in [1.807, 2.05) is 0 Å². The zero-order valence-corrected chi connectivity index (χ0v) is 17.8. The number of pyridine rings is 1. The third-order valence-corrected chi connectivity index (χ3v) is 4.36. The summed E-state index contributed by atoms with van der Waals surface area (Å²) in [6, 6.07) is 5.60. The third-order valence-electron chi connectivity index (χ3n) is 3.86. The molecule has 0 bridgehead atoms. The van der Waals surface area contributed by atoms with Gasteiger partial charge in [0.15, 0.2) is 29.2 Å².